The van der Waals surface area contributed by atoms with Crippen molar-refractivity contribution in [2.24, 2.45) is 5.92 Å². The first-order valence-corrected chi connectivity index (χ1v) is 6.43. The van der Waals surface area contributed by atoms with E-state index in [0.717, 1.165) is 32.1 Å². The lowest BCUT2D eigenvalue weighted by Crippen LogP contribution is -2.18. The summed E-state index contributed by atoms with van der Waals surface area (Å²) >= 11 is 0. The molecule has 1 aliphatic carbocycles. The molecule has 0 heterocycles. The van der Waals surface area contributed by atoms with E-state index in [4.69, 9.17) is 0 Å². The van der Waals surface area contributed by atoms with E-state index in [1.807, 2.05) is 0 Å². The summed E-state index contributed by atoms with van der Waals surface area (Å²) in [6.07, 6.45) is 4.83. The van der Waals surface area contributed by atoms with Crippen LogP contribution in [0.1, 0.15) is 31.2 Å². The molecule has 0 unspecified atom stereocenters. The minimum Gasteiger partial charge on any atom is -0.377 e. The number of para-hydroxylation sites is 1. The fourth-order valence-electron chi connectivity index (χ4n) is 2.63. The number of nitrogens with zero attached hydrogens (tertiary/aromatic N) is 1. The second-order valence-corrected chi connectivity index (χ2v) is 5.21. The average Bonchev–Trinajstić information content (AvgIpc) is 2.32. The minimum absolute atomic E-state index is 0.446. The first-order valence-electron chi connectivity index (χ1n) is 6.43. The number of Topliss-reactive ketones (excluding diaryl/α,β-unsaturated/α-hetero) is 1. The first-order chi connectivity index (χ1) is 8.16. The monoisotopic (exact) mass is 231 g/mol. The van der Waals surface area contributed by atoms with Crippen molar-refractivity contribution in [2.45, 2.75) is 32.1 Å². The Balaban J connectivity index is 2.05. The molecule has 0 amide bonds. The van der Waals surface area contributed by atoms with Gasteiger partial charge in [-0.1, -0.05) is 18.2 Å². The van der Waals surface area contributed by atoms with E-state index in [1.165, 1.54) is 11.3 Å². The smallest absolute Gasteiger partial charge is 0.132 e. The van der Waals surface area contributed by atoms with Gasteiger partial charge in [0.15, 0.2) is 0 Å². The van der Waals surface area contributed by atoms with Gasteiger partial charge in [0.2, 0.25) is 0 Å². The predicted octanol–water partition coefficient (Wildman–Crippen LogP) is 3.05. The van der Waals surface area contributed by atoms with Crippen LogP contribution in [-0.2, 0) is 11.2 Å². The van der Waals surface area contributed by atoms with Crippen LogP contribution in [0.5, 0.6) is 0 Å². The van der Waals surface area contributed by atoms with Gasteiger partial charge in [0, 0.05) is 32.6 Å². The second-order valence-electron chi connectivity index (χ2n) is 5.21. The van der Waals surface area contributed by atoms with Crippen LogP contribution in [0.2, 0.25) is 0 Å². The number of anilines is 1. The summed E-state index contributed by atoms with van der Waals surface area (Å²) in [4.78, 5) is 13.4. The Morgan fingerprint density at radius 1 is 1.18 bits per heavy atom. The van der Waals surface area contributed by atoms with Crippen LogP contribution in [0.25, 0.3) is 0 Å². The predicted molar refractivity (Wildman–Crippen MR) is 71.4 cm³/mol. The molecule has 1 fully saturated rings. The molecule has 2 nitrogen and oxygen atoms in total. The number of benzene rings is 1. The van der Waals surface area contributed by atoms with Gasteiger partial charge in [0.1, 0.15) is 5.78 Å². The van der Waals surface area contributed by atoms with Crippen LogP contribution in [-0.4, -0.2) is 19.9 Å². The lowest BCUT2D eigenvalue weighted by molar-refractivity contribution is -0.120. The highest BCUT2D eigenvalue weighted by Gasteiger charge is 2.19. The van der Waals surface area contributed by atoms with Gasteiger partial charge in [-0.15, -0.1) is 0 Å². The van der Waals surface area contributed by atoms with Crippen molar-refractivity contribution in [3.05, 3.63) is 29.8 Å². The highest BCUT2D eigenvalue weighted by Crippen LogP contribution is 2.28. The van der Waals surface area contributed by atoms with Gasteiger partial charge in [0.05, 0.1) is 0 Å². The van der Waals surface area contributed by atoms with Crippen LogP contribution >= 0.6 is 0 Å². The molecule has 2 rings (SSSR count). The van der Waals surface area contributed by atoms with Crippen molar-refractivity contribution in [2.75, 3.05) is 19.0 Å². The Hall–Kier alpha value is -1.31. The highest BCUT2D eigenvalue weighted by atomic mass is 16.1. The molecule has 17 heavy (non-hydrogen) atoms. The summed E-state index contributed by atoms with van der Waals surface area (Å²) in [6.45, 7) is 0. The molecule has 92 valence electrons. The molecule has 0 bridgehead atoms. The van der Waals surface area contributed by atoms with Crippen molar-refractivity contribution < 1.29 is 4.79 Å². The van der Waals surface area contributed by atoms with E-state index >= 15 is 0 Å². The third-order valence-corrected chi connectivity index (χ3v) is 3.64. The van der Waals surface area contributed by atoms with Gasteiger partial charge < -0.3 is 4.90 Å². The zero-order chi connectivity index (χ0) is 12.3. The molecular weight excluding hydrogens is 210 g/mol. The molecule has 1 saturated carbocycles. The molecule has 0 spiro atoms. The van der Waals surface area contributed by atoms with Crippen molar-refractivity contribution >= 4 is 11.5 Å². The molecule has 0 aliphatic heterocycles. The largest absolute Gasteiger partial charge is 0.377 e. The first kappa shape index (κ1) is 12.2. The highest BCUT2D eigenvalue weighted by molar-refractivity contribution is 5.79. The molecule has 1 aliphatic rings. The van der Waals surface area contributed by atoms with Gasteiger partial charge >= 0.3 is 0 Å². The maximum atomic E-state index is 11.2. The van der Waals surface area contributed by atoms with E-state index in [9.17, 15) is 4.79 Å². The number of hydrogen-bond acceptors (Lipinski definition) is 2. The molecular formula is C15H21NO. The standard InChI is InChI=1S/C15H21NO/c1-16(2)15-6-4-3-5-13(15)11-12-7-9-14(17)10-8-12/h3-6,12H,7-11H2,1-2H3. The average molecular weight is 231 g/mol. The van der Waals surface area contributed by atoms with E-state index in [0.29, 0.717) is 11.7 Å². The zero-order valence-corrected chi connectivity index (χ0v) is 10.8. The molecule has 0 atom stereocenters. The zero-order valence-electron chi connectivity index (χ0n) is 10.8. The fourth-order valence-corrected chi connectivity index (χ4v) is 2.63. The molecule has 2 heteroatoms. The Morgan fingerprint density at radius 2 is 1.82 bits per heavy atom. The number of ketones is 1. The summed E-state index contributed by atoms with van der Waals surface area (Å²) in [6, 6.07) is 8.58. The third kappa shape index (κ3) is 3.09. The lowest BCUT2D eigenvalue weighted by Gasteiger charge is -2.24. The van der Waals surface area contributed by atoms with Crippen LogP contribution < -0.4 is 4.90 Å². The lowest BCUT2D eigenvalue weighted by atomic mass is 9.84. The number of carbonyl (C=O) groups is 1. The van der Waals surface area contributed by atoms with Crippen molar-refractivity contribution in [3.63, 3.8) is 0 Å². The normalized spacial score (nSPS) is 17.2. The Bertz CT molecular complexity index is 388. The van der Waals surface area contributed by atoms with Crippen LogP contribution in [0.15, 0.2) is 24.3 Å². The van der Waals surface area contributed by atoms with E-state index < -0.39 is 0 Å². The van der Waals surface area contributed by atoms with Gasteiger partial charge in [-0.2, -0.15) is 0 Å². The molecule has 0 aromatic heterocycles. The fraction of sp³-hybridized carbons (Fsp3) is 0.533. The summed E-state index contributed by atoms with van der Waals surface area (Å²) < 4.78 is 0. The molecule has 1 aromatic carbocycles. The van der Waals surface area contributed by atoms with E-state index in [1.54, 1.807) is 0 Å². The Morgan fingerprint density at radius 3 is 2.47 bits per heavy atom. The summed E-state index contributed by atoms with van der Waals surface area (Å²) in [5.41, 5.74) is 2.72. The van der Waals surface area contributed by atoms with Gasteiger partial charge in [-0.3, -0.25) is 4.79 Å². The van der Waals surface area contributed by atoms with Gasteiger partial charge in [-0.25, -0.2) is 0 Å². The van der Waals surface area contributed by atoms with Gasteiger partial charge in [0.25, 0.3) is 0 Å². The maximum Gasteiger partial charge on any atom is 0.132 e. The number of rotatable bonds is 3. The number of carbonyl (C=O) groups excluding carboxylic acids is 1. The van der Waals surface area contributed by atoms with Gasteiger partial charge in [-0.05, 0) is 36.8 Å². The molecule has 0 saturated heterocycles. The Labute approximate surface area is 104 Å². The third-order valence-electron chi connectivity index (χ3n) is 3.64. The SMILES string of the molecule is CN(C)c1ccccc1CC1CCC(=O)CC1. The molecule has 0 radical (unpaired) electrons. The summed E-state index contributed by atoms with van der Waals surface area (Å²) in [5.74, 6) is 1.14. The van der Waals surface area contributed by atoms with Crippen molar-refractivity contribution in [1.82, 2.24) is 0 Å². The second kappa shape index (κ2) is 5.35. The molecule has 0 N–H and O–H groups in total. The quantitative estimate of drug-likeness (QED) is 0.797. The summed E-state index contributed by atoms with van der Waals surface area (Å²) in [7, 11) is 4.17. The topological polar surface area (TPSA) is 20.3 Å². The summed E-state index contributed by atoms with van der Waals surface area (Å²) in [5, 5.41) is 0. The van der Waals surface area contributed by atoms with Crippen LogP contribution in [0.3, 0.4) is 0 Å². The van der Waals surface area contributed by atoms with E-state index in [2.05, 4.69) is 43.3 Å². The van der Waals surface area contributed by atoms with Crippen LogP contribution in [0, 0.1) is 5.92 Å². The van der Waals surface area contributed by atoms with Crippen molar-refractivity contribution in [1.29, 1.82) is 0 Å². The van der Waals surface area contributed by atoms with Crippen LogP contribution in [0.4, 0.5) is 5.69 Å². The molecule has 1 aromatic rings. The minimum atomic E-state index is 0.446. The number of hydrogen-bond donors (Lipinski definition) is 0. The Kier molecular flexibility index (Phi) is 3.82. The van der Waals surface area contributed by atoms with E-state index in [-0.39, 0.29) is 0 Å². The maximum absolute atomic E-state index is 11.2. The van der Waals surface area contributed by atoms with Crippen molar-refractivity contribution in [3.8, 4) is 0 Å².